The summed E-state index contributed by atoms with van der Waals surface area (Å²) in [5, 5.41) is 11.5. The summed E-state index contributed by atoms with van der Waals surface area (Å²) in [7, 11) is 0. The van der Waals surface area contributed by atoms with Crippen LogP contribution >= 0.6 is 0 Å². The van der Waals surface area contributed by atoms with Crippen molar-refractivity contribution in [2.45, 2.75) is 0 Å². The van der Waals surface area contributed by atoms with Crippen molar-refractivity contribution < 1.29 is 14.7 Å². The van der Waals surface area contributed by atoms with Gasteiger partial charge in [0.25, 0.3) is 0 Å². The van der Waals surface area contributed by atoms with E-state index in [1.165, 1.54) is 12.2 Å². The van der Waals surface area contributed by atoms with Crippen molar-refractivity contribution in [1.82, 2.24) is 5.32 Å². The molecule has 2 N–H and O–H groups in total. The van der Waals surface area contributed by atoms with Crippen LogP contribution < -0.4 is 5.32 Å². The minimum absolute atomic E-state index is 0.190. The SMILES string of the molecule is O=C(C=Cc1ccccc1)N/C(=C\C=C\c1ccccc1)C(=O)O. The minimum Gasteiger partial charge on any atom is -0.477 e. The fourth-order valence-electron chi connectivity index (χ4n) is 1.90. The van der Waals surface area contributed by atoms with E-state index in [4.69, 9.17) is 5.11 Å². The molecule has 0 unspecified atom stereocenters. The van der Waals surface area contributed by atoms with Crippen molar-refractivity contribution in [3.8, 4) is 0 Å². The number of carboxylic acids is 1. The van der Waals surface area contributed by atoms with E-state index >= 15 is 0 Å². The van der Waals surface area contributed by atoms with Crippen molar-refractivity contribution in [2.24, 2.45) is 0 Å². The molecular weight excluding hydrogens is 302 g/mol. The summed E-state index contributed by atoms with van der Waals surface area (Å²) in [5.74, 6) is -1.70. The smallest absolute Gasteiger partial charge is 0.352 e. The van der Waals surface area contributed by atoms with E-state index in [0.717, 1.165) is 11.1 Å². The molecule has 0 aliphatic carbocycles. The van der Waals surface area contributed by atoms with Gasteiger partial charge in [0.15, 0.2) is 0 Å². The molecule has 4 heteroatoms. The van der Waals surface area contributed by atoms with Gasteiger partial charge >= 0.3 is 5.97 Å². The van der Waals surface area contributed by atoms with Gasteiger partial charge < -0.3 is 10.4 Å². The van der Waals surface area contributed by atoms with Crippen LogP contribution in [0.1, 0.15) is 11.1 Å². The van der Waals surface area contributed by atoms with E-state index in [2.05, 4.69) is 5.32 Å². The molecule has 0 saturated heterocycles. The molecule has 0 atom stereocenters. The Hall–Kier alpha value is -3.40. The van der Waals surface area contributed by atoms with Crippen LogP contribution in [0.25, 0.3) is 12.2 Å². The molecule has 0 aliphatic rings. The normalized spacial score (nSPS) is 11.8. The molecule has 24 heavy (non-hydrogen) atoms. The molecule has 0 aromatic heterocycles. The van der Waals surface area contributed by atoms with Crippen LogP contribution in [0.2, 0.25) is 0 Å². The van der Waals surface area contributed by atoms with Crippen LogP contribution in [0, 0.1) is 0 Å². The molecule has 2 rings (SSSR count). The summed E-state index contributed by atoms with van der Waals surface area (Å²) in [6, 6.07) is 18.7. The van der Waals surface area contributed by atoms with Gasteiger partial charge in [-0.05, 0) is 23.3 Å². The number of nitrogens with one attached hydrogen (secondary N) is 1. The van der Waals surface area contributed by atoms with Crippen LogP contribution in [0.4, 0.5) is 0 Å². The first-order valence-electron chi connectivity index (χ1n) is 7.36. The molecule has 0 bridgehead atoms. The quantitative estimate of drug-likeness (QED) is 0.632. The van der Waals surface area contributed by atoms with Gasteiger partial charge in [0.05, 0.1) is 0 Å². The molecule has 0 heterocycles. The topological polar surface area (TPSA) is 66.4 Å². The highest BCUT2D eigenvalue weighted by Gasteiger charge is 2.08. The molecule has 0 saturated carbocycles. The maximum Gasteiger partial charge on any atom is 0.352 e. The lowest BCUT2D eigenvalue weighted by Crippen LogP contribution is -2.25. The highest BCUT2D eigenvalue weighted by molar-refractivity contribution is 5.99. The summed E-state index contributed by atoms with van der Waals surface area (Å²) in [4.78, 5) is 23.0. The Kier molecular flexibility index (Phi) is 6.29. The van der Waals surface area contributed by atoms with Crippen molar-refractivity contribution in [1.29, 1.82) is 0 Å². The highest BCUT2D eigenvalue weighted by atomic mass is 16.4. The molecule has 2 aromatic carbocycles. The maximum absolute atomic E-state index is 11.8. The van der Waals surface area contributed by atoms with Gasteiger partial charge in [-0.2, -0.15) is 0 Å². The summed E-state index contributed by atoms with van der Waals surface area (Å²) >= 11 is 0. The Labute approximate surface area is 140 Å². The van der Waals surface area contributed by atoms with E-state index < -0.39 is 11.9 Å². The Morgan fingerprint density at radius 2 is 1.38 bits per heavy atom. The highest BCUT2D eigenvalue weighted by Crippen LogP contribution is 2.03. The van der Waals surface area contributed by atoms with Crippen LogP contribution in [-0.2, 0) is 9.59 Å². The lowest BCUT2D eigenvalue weighted by atomic mass is 10.2. The lowest BCUT2D eigenvalue weighted by molar-refractivity contribution is -0.134. The van der Waals surface area contributed by atoms with Gasteiger partial charge in [0.2, 0.25) is 5.91 Å². The first-order chi connectivity index (χ1) is 11.6. The zero-order valence-corrected chi connectivity index (χ0v) is 12.9. The number of allylic oxidation sites excluding steroid dienone is 2. The van der Waals surface area contributed by atoms with E-state index in [1.807, 2.05) is 60.7 Å². The summed E-state index contributed by atoms with van der Waals surface area (Å²) in [6.07, 6.45) is 7.61. The van der Waals surface area contributed by atoms with E-state index in [9.17, 15) is 9.59 Å². The van der Waals surface area contributed by atoms with Gasteiger partial charge in [0, 0.05) is 6.08 Å². The number of hydrogen-bond acceptors (Lipinski definition) is 2. The zero-order chi connectivity index (χ0) is 17.2. The largest absolute Gasteiger partial charge is 0.477 e. The monoisotopic (exact) mass is 319 g/mol. The van der Waals surface area contributed by atoms with Crippen molar-refractivity contribution >= 4 is 24.0 Å². The van der Waals surface area contributed by atoms with E-state index in [0.29, 0.717) is 0 Å². The van der Waals surface area contributed by atoms with E-state index in [1.54, 1.807) is 18.2 Å². The van der Waals surface area contributed by atoms with Crippen LogP contribution in [0.15, 0.2) is 84.6 Å². The van der Waals surface area contributed by atoms with Crippen LogP contribution in [0.3, 0.4) is 0 Å². The van der Waals surface area contributed by atoms with Crippen molar-refractivity contribution in [3.05, 3.63) is 95.7 Å². The Balaban J connectivity index is 2.01. The molecule has 0 radical (unpaired) electrons. The number of benzene rings is 2. The fraction of sp³-hybridized carbons (Fsp3) is 0. The van der Waals surface area contributed by atoms with E-state index in [-0.39, 0.29) is 5.70 Å². The van der Waals surface area contributed by atoms with Gasteiger partial charge in [-0.1, -0.05) is 72.8 Å². The van der Waals surface area contributed by atoms with Gasteiger partial charge in [0.1, 0.15) is 5.70 Å². The third-order valence-corrected chi connectivity index (χ3v) is 3.07. The second-order valence-electron chi connectivity index (χ2n) is 4.89. The molecule has 1 amide bonds. The predicted octanol–water partition coefficient (Wildman–Crippen LogP) is 3.50. The molecule has 120 valence electrons. The lowest BCUT2D eigenvalue weighted by Gasteiger charge is -2.01. The Bertz CT molecular complexity index is 775. The van der Waals surface area contributed by atoms with Crippen molar-refractivity contribution in [2.75, 3.05) is 0 Å². The minimum atomic E-state index is -1.20. The van der Waals surface area contributed by atoms with Crippen molar-refractivity contribution in [3.63, 3.8) is 0 Å². The number of carbonyl (C=O) groups is 2. The summed E-state index contributed by atoms with van der Waals surface area (Å²) in [6.45, 7) is 0. The molecule has 0 aliphatic heterocycles. The molecule has 4 nitrogen and oxygen atoms in total. The first-order valence-corrected chi connectivity index (χ1v) is 7.36. The zero-order valence-electron chi connectivity index (χ0n) is 12.9. The van der Waals surface area contributed by atoms with Gasteiger partial charge in [-0.3, -0.25) is 4.79 Å². The average molecular weight is 319 g/mol. The summed E-state index contributed by atoms with van der Waals surface area (Å²) in [5.41, 5.74) is 1.61. The Morgan fingerprint density at radius 3 is 1.92 bits per heavy atom. The van der Waals surface area contributed by atoms with Crippen LogP contribution in [-0.4, -0.2) is 17.0 Å². The molecular formula is C20H17NO3. The number of rotatable bonds is 6. The number of carbonyl (C=O) groups excluding carboxylic acids is 1. The molecule has 0 fully saturated rings. The number of aliphatic carboxylic acids is 1. The molecule has 2 aromatic rings. The first kappa shape index (κ1) is 17.0. The Morgan fingerprint density at radius 1 is 0.833 bits per heavy atom. The maximum atomic E-state index is 11.8. The third-order valence-electron chi connectivity index (χ3n) is 3.07. The summed E-state index contributed by atoms with van der Waals surface area (Å²) < 4.78 is 0. The number of amides is 1. The number of carboxylic acid groups (broad SMARTS) is 1. The fourth-order valence-corrected chi connectivity index (χ4v) is 1.90. The number of hydrogen-bond donors (Lipinski definition) is 2. The van der Waals surface area contributed by atoms with Gasteiger partial charge in [-0.15, -0.1) is 0 Å². The second kappa shape index (κ2) is 8.90. The standard InChI is InChI=1S/C20H17NO3/c22-19(15-14-17-10-5-2-6-11-17)21-18(20(23)24)13-7-12-16-8-3-1-4-9-16/h1-15H,(H,21,22)(H,23,24)/b12-7+,15-14?,18-13-. The van der Waals surface area contributed by atoms with Gasteiger partial charge in [-0.25, -0.2) is 4.79 Å². The van der Waals surface area contributed by atoms with Crippen LogP contribution in [0.5, 0.6) is 0 Å². The molecule has 0 spiro atoms. The third kappa shape index (κ3) is 5.77. The predicted molar refractivity (Wildman–Crippen MR) is 94.8 cm³/mol. The average Bonchev–Trinajstić information content (AvgIpc) is 2.61. The second-order valence-corrected chi connectivity index (χ2v) is 4.89.